The number of benzene rings is 1. The van der Waals surface area contributed by atoms with Crippen molar-refractivity contribution in [2.24, 2.45) is 0 Å². The number of hydrogen-bond acceptors (Lipinski definition) is 1. The van der Waals surface area contributed by atoms with E-state index in [1.165, 1.54) is 12.8 Å². The van der Waals surface area contributed by atoms with Crippen molar-refractivity contribution >= 4 is 16.9 Å². The molecule has 1 fully saturated rings. The molecule has 1 aliphatic rings. The SMILES string of the molecule is O=C(O)c1cccc2c1ccn2C1CC1. The van der Waals surface area contributed by atoms with Gasteiger partial charge in [0.2, 0.25) is 0 Å². The molecule has 0 spiro atoms. The van der Waals surface area contributed by atoms with Crippen molar-refractivity contribution in [1.82, 2.24) is 4.57 Å². The summed E-state index contributed by atoms with van der Waals surface area (Å²) in [4.78, 5) is 11.0. The van der Waals surface area contributed by atoms with Crippen LogP contribution in [0.4, 0.5) is 0 Å². The summed E-state index contributed by atoms with van der Waals surface area (Å²) in [6, 6.07) is 7.94. The number of aromatic nitrogens is 1. The van der Waals surface area contributed by atoms with Gasteiger partial charge in [-0.3, -0.25) is 0 Å². The maximum atomic E-state index is 11.0. The maximum absolute atomic E-state index is 11.0. The van der Waals surface area contributed by atoms with E-state index in [0.29, 0.717) is 11.6 Å². The average molecular weight is 201 g/mol. The zero-order valence-electron chi connectivity index (χ0n) is 8.18. The molecule has 0 saturated heterocycles. The second kappa shape index (κ2) is 2.86. The summed E-state index contributed by atoms with van der Waals surface area (Å²) < 4.78 is 2.18. The van der Waals surface area contributed by atoms with Gasteiger partial charge in [-0.25, -0.2) is 4.79 Å². The predicted octanol–water partition coefficient (Wildman–Crippen LogP) is 2.67. The average Bonchev–Trinajstić information content (AvgIpc) is 2.97. The van der Waals surface area contributed by atoms with Crippen molar-refractivity contribution in [3.05, 3.63) is 36.0 Å². The topological polar surface area (TPSA) is 42.2 Å². The lowest BCUT2D eigenvalue weighted by molar-refractivity contribution is 0.0699. The van der Waals surface area contributed by atoms with E-state index in [4.69, 9.17) is 5.11 Å². The lowest BCUT2D eigenvalue weighted by atomic mass is 10.1. The Morgan fingerprint density at radius 1 is 1.33 bits per heavy atom. The molecule has 0 unspecified atom stereocenters. The molecular formula is C12H11NO2. The third-order valence-corrected chi connectivity index (χ3v) is 2.93. The smallest absolute Gasteiger partial charge is 0.336 e. The molecule has 0 bridgehead atoms. The minimum atomic E-state index is -0.853. The van der Waals surface area contributed by atoms with Crippen LogP contribution in [0.25, 0.3) is 10.9 Å². The molecule has 1 heterocycles. The number of carbonyl (C=O) groups is 1. The molecule has 2 aromatic rings. The Hall–Kier alpha value is -1.77. The van der Waals surface area contributed by atoms with E-state index in [-0.39, 0.29) is 0 Å². The summed E-state index contributed by atoms with van der Waals surface area (Å²) in [6.07, 6.45) is 4.41. The van der Waals surface area contributed by atoms with Crippen LogP contribution in [0.2, 0.25) is 0 Å². The molecule has 76 valence electrons. The van der Waals surface area contributed by atoms with Crippen LogP contribution in [0.1, 0.15) is 29.2 Å². The molecule has 1 aliphatic carbocycles. The Bertz CT molecular complexity index is 538. The number of fused-ring (bicyclic) bond motifs is 1. The molecule has 1 saturated carbocycles. The number of rotatable bonds is 2. The van der Waals surface area contributed by atoms with Gasteiger partial charge in [0.25, 0.3) is 0 Å². The Morgan fingerprint density at radius 3 is 2.80 bits per heavy atom. The van der Waals surface area contributed by atoms with Crippen molar-refractivity contribution in [3.8, 4) is 0 Å². The first-order valence-electron chi connectivity index (χ1n) is 5.10. The predicted molar refractivity (Wildman–Crippen MR) is 57.2 cm³/mol. The lowest BCUT2D eigenvalue weighted by Gasteiger charge is -2.03. The lowest BCUT2D eigenvalue weighted by Crippen LogP contribution is -1.97. The summed E-state index contributed by atoms with van der Waals surface area (Å²) in [7, 11) is 0. The molecule has 3 nitrogen and oxygen atoms in total. The molecule has 3 heteroatoms. The van der Waals surface area contributed by atoms with Gasteiger partial charge >= 0.3 is 5.97 Å². The first-order chi connectivity index (χ1) is 7.27. The minimum absolute atomic E-state index is 0.395. The summed E-state index contributed by atoms with van der Waals surface area (Å²) >= 11 is 0. The van der Waals surface area contributed by atoms with Crippen LogP contribution in [0.15, 0.2) is 30.5 Å². The number of carboxylic acids is 1. The monoisotopic (exact) mass is 201 g/mol. The van der Waals surface area contributed by atoms with E-state index >= 15 is 0 Å². The second-order valence-electron chi connectivity index (χ2n) is 4.00. The van der Waals surface area contributed by atoms with E-state index in [0.717, 1.165) is 10.9 Å². The largest absolute Gasteiger partial charge is 0.478 e. The highest BCUT2D eigenvalue weighted by atomic mass is 16.4. The quantitative estimate of drug-likeness (QED) is 0.811. The van der Waals surface area contributed by atoms with Crippen LogP contribution < -0.4 is 0 Å². The van der Waals surface area contributed by atoms with Crippen molar-refractivity contribution in [2.45, 2.75) is 18.9 Å². The van der Waals surface area contributed by atoms with Crippen molar-refractivity contribution in [3.63, 3.8) is 0 Å². The van der Waals surface area contributed by atoms with Gasteiger partial charge in [-0.05, 0) is 31.0 Å². The molecule has 0 amide bonds. The number of hydrogen-bond donors (Lipinski definition) is 1. The fourth-order valence-corrected chi connectivity index (χ4v) is 2.05. The van der Waals surface area contributed by atoms with Crippen LogP contribution in [-0.4, -0.2) is 15.6 Å². The van der Waals surface area contributed by atoms with Gasteiger partial charge in [0.15, 0.2) is 0 Å². The maximum Gasteiger partial charge on any atom is 0.336 e. The first kappa shape index (κ1) is 8.53. The zero-order chi connectivity index (χ0) is 10.4. The van der Waals surface area contributed by atoms with Gasteiger partial charge in [0.1, 0.15) is 0 Å². The molecule has 1 aromatic carbocycles. The van der Waals surface area contributed by atoms with Crippen LogP contribution >= 0.6 is 0 Å². The first-order valence-corrected chi connectivity index (χ1v) is 5.10. The second-order valence-corrected chi connectivity index (χ2v) is 4.00. The van der Waals surface area contributed by atoms with Crippen molar-refractivity contribution in [1.29, 1.82) is 0 Å². The molecule has 0 aliphatic heterocycles. The Labute approximate surface area is 86.9 Å². The van der Waals surface area contributed by atoms with E-state index in [1.807, 2.05) is 24.4 Å². The summed E-state index contributed by atoms with van der Waals surface area (Å²) in [5, 5.41) is 9.88. The fraction of sp³-hybridized carbons (Fsp3) is 0.250. The normalized spacial score (nSPS) is 15.7. The van der Waals surface area contributed by atoms with Crippen LogP contribution in [0.3, 0.4) is 0 Å². The molecule has 0 atom stereocenters. The summed E-state index contributed by atoms with van der Waals surface area (Å²) in [6.45, 7) is 0. The Kier molecular flexibility index (Phi) is 1.63. The molecule has 1 aromatic heterocycles. The highest BCUT2D eigenvalue weighted by Crippen LogP contribution is 2.38. The third kappa shape index (κ3) is 1.23. The molecule has 0 radical (unpaired) electrons. The molecular weight excluding hydrogens is 190 g/mol. The third-order valence-electron chi connectivity index (χ3n) is 2.93. The fourth-order valence-electron chi connectivity index (χ4n) is 2.05. The zero-order valence-corrected chi connectivity index (χ0v) is 8.18. The van der Waals surface area contributed by atoms with Crippen LogP contribution in [0.5, 0.6) is 0 Å². The van der Waals surface area contributed by atoms with Gasteiger partial charge in [-0.15, -0.1) is 0 Å². The van der Waals surface area contributed by atoms with Crippen molar-refractivity contribution in [2.75, 3.05) is 0 Å². The van der Waals surface area contributed by atoms with Gasteiger partial charge in [-0.1, -0.05) is 6.07 Å². The highest BCUT2D eigenvalue weighted by molar-refractivity contribution is 6.03. The van der Waals surface area contributed by atoms with Crippen LogP contribution in [0, 0.1) is 0 Å². The van der Waals surface area contributed by atoms with E-state index in [9.17, 15) is 4.79 Å². The van der Waals surface area contributed by atoms with Gasteiger partial charge in [0, 0.05) is 23.1 Å². The van der Waals surface area contributed by atoms with Crippen LogP contribution in [-0.2, 0) is 0 Å². The van der Waals surface area contributed by atoms with Gasteiger partial charge in [-0.2, -0.15) is 0 Å². The summed E-state index contributed by atoms with van der Waals surface area (Å²) in [5.41, 5.74) is 1.43. The Balaban J connectivity index is 2.27. The highest BCUT2D eigenvalue weighted by Gasteiger charge is 2.25. The van der Waals surface area contributed by atoms with E-state index < -0.39 is 5.97 Å². The number of carboxylic acid groups (broad SMARTS) is 1. The van der Waals surface area contributed by atoms with Crippen molar-refractivity contribution < 1.29 is 9.90 Å². The standard InChI is InChI=1S/C12H11NO2/c14-12(15)10-2-1-3-11-9(10)6-7-13(11)8-4-5-8/h1-3,6-8H,4-5H2,(H,14,15). The molecule has 3 rings (SSSR count). The van der Waals surface area contributed by atoms with Gasteiger partial charge in [0.05, 0.1) is 5.56 Å². The Morgan fingerprint density at radius 2 is 2.13 bits per heavy atom. The van der Waals surface area contributed by atoms with Gasteiger partial charge < -0.3 is 9.67 Å². The molecule has 1 N–H and O–H groups in total. The van der Waals surface area contributed by atoms with E-state index in [1.54, 1.807) is 6.07 Å². The number of aromatic carboxylic acids is 1. The van der Waals surface area contributed by atoms with E-state index in [2.05, 4.69) is 4.57 Å². The minimum Gasteiger partial charge on any atom is -0.478 e. The number of nitrogens with zero attached hydrogens (tertiary/aromatic N) is 1. The molecule has 15 heavy (non-hydrogen) atoms. The summed E-state index contributed by atoms with van der Waals surface area (Å²) in [5.74, 6) is -0.853.